The molecule has 1 heterocycles. The normalized spacial score (nSPS) is 12.4. The molecule has 0 saturated heterocycles. The minimum Gasteiger partial charge on any atom is -0.507 e. The van der Waals surface area contributed by atoms with Gasteiger partial charge in [0.25, 0.3) is 0 Å². The highest BCUT2D eigenvalue weighted by atomic mass is 79.9. The first-order chi connectivity index (χ1) is 13.1. The van der Waals surface area contributed by atoms with E-state index in [4.69, 9.17) is 16.3 Å². The Morgan fingerprint density at radius 1 is 1.39 bits per heavy atom. The number of aromatic nitrogens is 2. The van der Waals surface area contributed by atoms with Crippen LogP contribution < -0.4 is 10.6 Å². The Labute approximate surface area is 178 Å². The van der Waals surface area contributed by atoms with Crippen LogP contribution in [0.3, 0.4) is 0 Å². The molecular weight excluding hydrogens is 448 g/mol. The summed E-state index contributed by atoms with van der Waals surface area (Å²) in [4.78, 5) is 20.7. The Morgan fingerprint density at radius 3 is 2.75 bits per heavy atom. The standard InChI is InChI=1S/C19H24BrClN4O3/c1-5-12(24-18(27)28-19(2,3)4)9-22-17-14(20)10-23-16(25-17)13-8-11(21)6-7-15(13)26/h6-8,10,12,26H,5,9H2,1-4H3,(H,24,27)(H,22,23,25)/t12-/m1/s1. The second kappa shape index (κ2) is 9.43. The van der Waals surface area contributed by atoms with Gasteiger partial charge in [-0.2, -0.15) is 0 Å². The van der Waals surface area contributed by atoms with E-state index >= 15 is 0 Å². The topological polar surface area (TPSA) is 96.4 Å². The van der Waals surface area contributed by atoms with E-state index in [1.54, 1.807) is 18.3 Å². The summed E-state index contributed by atoms with van der Waals surface area (Å²) >= 11 is 9.42. The summed E-state index contributed by atoms with van der Waals surface area (Å²) in [6.07, 6.45) is 1.83. The minimum absolute atomic E-state index is 0.0377. The number of anilines is 1. The summed E-state index contributed by atoms with van der Waals surface area (Å²) in [5.74, 6) is 0.906. The molecule has 0 radical (unpaired) electrons. The van der Waals surface area contributed by atoms with Crippen LogP contribution in [0.2, 0.25) is 5.02 Å². The predicted octanol–water partition coefficient (Wildman–Crippen LogP) is 4.98. The molecular formula is C19H24BrClN4O3. The molecule has 0 aliphatic carbocycles. The van der Waals surface area contributed by atoms with Gasteiger partial charge >= 0.3 is 6.09 Å². The lowest BCUT2D eigenvalue weighted by Gasteiger charge is -2.23. The number of carbonyl (C=O) groups excluding carboxylic acids is 1. The van der Waals surface area contributed by atoms with Crippen molar-refractivity contribution < 1.29 is 14.6 Å². The third kappa shape index (κ3) is 6.53. The fourth-order valence-corrected chi connectivity index (χ4v) is 2.80. The summed E-state index contributed by atoms with van der Waals surface area (Å²) < 4.78 is 5.95. The zero-order valence-corrected chi connectivity index (χ0v) is 18.6. The van der Waals surface area contributed by atoms with Gasteiger partial charge in [-0.25, -0.2) is 14.8 Å². The predicted molar refractivity (Wildman–Crippen MR) is 114 cm³/mol. The molecule has 3 N–H and O–H groups in total. The Hall–Kier alpha value is -2.06. The quantitative estimate of drug-likeness (QED) is 0.550. The number of aromatic hydroxyl groups is 1. The third-order valence-corrected chi connectivity index (χ3v) is 4.49. The zero-order valence-electron chi connectivity index (χ0n) is 16.2. The highest BCUT2D eigenvalue weighted by Crippen LogP contribution is 2.31. The second-order valence-electron chi connectivity index (χ2n) is 7.18. The maximum Gasteiger partial charge on any atom is 0.407 e. The molecule has 7 nitrogen and oxygen atoms in total. The number of benzene rings is 1. The van der Waals surface area contributed by atoms with E-state index in [1.807, 2.05) is 27.7 Å². The lowest BCUT2D eigenvalue weighted by Crippen LogP contribution is -2.42. The van der Waals surface area contributed by atoms with Crippen molar-refractivity contribution in [3.63, 3.8) is 0 Å². The number of nitrogens with zero attached hydrogens (tertiary/aromatic N) is 2. The summed E-state index contributed by atoms with van der Waals surface area (Å²) in [6, 6.07) is 4.53. The van der Waals surface area contributed by atoms with E-state index < -0.39 is 11.7 Å². The van der Waals surface area contributed by atoms with Crippen molar-refractivity contribution in [1.82, 2.24) is 15.3 Å². The van der Waals surface area contributed by atoms with Crippen molar-refractivity contribution in [2.75, 3.05) is 11.9 Å². The van der Waals surface area contributed by atoms with Crippen LogP contribution in [0.4, 0.5) is 10.6 Å². The van der Waals surface area contributed by atoms with Crippen LogP contribution in [0.1, 0.15) is 34.1 Å². The smallest absolute Gasteiger partial charge is 0.407 e. The minimum atomic E-state index is -0.556. The summed E-state index contributed by atoms with van der Waals surface area (Å²) in [5.41, 5.74) is -0.124. The Morgan fingerprint density at radius 2 is 2.11 bits per heavy atom. The molecule has 2 aromatic rings. The monoisotopic (exact) mass is 470 g/mol. The van der Waals surface area contributed by atoms with Gasteiger partial charge in [0.05, 0.1) is 10.0 Å². The molecule has 1 aromatic carbocycles. The molecule has 0 spiro atoms. The molecule has 0 fully saturated rings. The maximum absolute atomic E-state index is 12.0. The first-order valence-corrected chi connectivity index (χ1v) is 10.0. The van der Waals surface area contributed by atoms with E-state index in [0.717, 1.165) is 0 Å². The Balaban J connectivity index is 2.11. The number of halogens is 2. The van der Waals surface area contributed by atoms with Gasteiger partial charge in [-0.1, -0.05) is 18.5 Å². The van der Waals surface area contributed by atoms with Gasteiger partial charge in [-0.15, -0.1) is 0 Å². The summed E-state index contributed by atoms with van der Waals surface area (Å²) in [7, 11) is 0. The van der Waals surface area contributed by atoms with Gasteiger partial charge in [0.1, 0.15) is 17.2 Å². The van der Waals surface area contributed by atoms with E-state index in [1.165, 1.54) is 6.07 Å². The third-order valence-electron chi connectivity index (χ3n) is 3.67. The van der Waals surface area contributed by atoms with Crippen LogP contribution in [0.5, 0.6) is 5.75 Å². The van der Waals surface area contributed by atoms with Crippen molar-refractivity contribution in [3.05, 3.63) is 33.9 Å². The van der Waals surface area contributed by atoms with Crippen LogP contribution in [0.15, 0.2) is 28.9 Å². The Kier molecular flexibility index (Phi) is 7.48. The number of rotatable bonds is 6. The van der Waals surface area contributed by atoms with Crippen molar-refractivity contribution in [2.45, 2.75) is 45.8 Å². The molecule has 0 bridgehead atoms. The molecule has 0 aliphatic rings. The van der Waals surface area contributed by atoms with Crippen LogP contribution in [-0.2, 0) is 4.74 Å². The molecule has 0 saturated carbocycles. The number of carbonyl (C=O) groups is 1. The number of hydrogen-bond acceptors (Lipinski definition) is 6. The molecule has 9 heteroatoms. The highest BCUT2D eigenvalue weighted by Gasteiger charge is 2.19. The zero-order chi connectivity index (χ0) is 20.9. The van der Waals surface area contributed by atoms with Gasteiger partial charge in [0, 0.05) is 23.8 Å². The first-order valence-electron chi connectivity index (χ1n) is 8.84. The van der Waals surface area contributed by atoms with E-state index in [-0.39, 0.29) is 11.8 Å². The van der Waals surface area contributed by atoms with E-state index in [2.05, 4.69) is 36.5 Å². The van der Waals surface area contributed by atoms with Crippen molar-refractivity contribution >= 4 is 39.4 Å². The van der Waals surface area contributed by atoms with Crippen molar-refractivity contribution in [3.8, 4) is 17.1 Å². The molecule has 152 valence electrons. The number of alkyl carbamates (subject to hydrolysis) is 1. The number of hydrogen-bond donors (Lipinski definition) is 3. The largest absolute Gasteiger partial charge is 0.507 e. The molecule has 0 unspecified atom stereocenters. The summed E-state index contributed by atoms with van der Waals surface area (Å²) in [5, 5.41) is 16.6. The maximum atomic E-state index is 12.0. The fourth-order valence-electron chi connectivity index (χ4n) is 2.30. The molecule has 2 rings (SSSR count). The second-order valence-corrected chi connectivity index (χ2v) is 8.47. The van der Waals surface area contributed by atoms with Gasteiger partial charge < -0.3 is 20.5 Å². The lowest BCUT2D eigenvalue weighted by molar-refractivity contribution is 0.0506. The van der Waals surface area contributed by atoms with Crippen molar-refractivity contribution in [2.24, 2.45) is 0 Å². The molecule has 1 aromatic heterocycles. The molecule has 1 amide bonds. The lowest BCUT2D eigenvalue weighted by atomic mass is 10.2. The highest BCUT2D eigenvalue weighted by molar-refractivity contribution is 9.10. The number of phenolic OH excluding ortho intramolecular Hbond substituents is 1. The number of ether oxygens (including phenoxy) is 1. The fraction of sp³-hybridized carbons (Fsp3) is 0.421. The van der Waals surface area contributed by atoms with Crippen LogP contribution in [0.25, 0.3) is 11.4 Å². The van der Waals surface area contributed by atoms with Gasteiger partial charge in [0.15, 0.2) is 5.82 Å². The van der Waals surface area contributed by atoms with Gasteiger partial charge in [-0.3, -0.25) is 0 Å². The summed E-state index contributed by atoms with van der Waals surface area (Å²) in [6.45, 7) is 7.85. The van der Waals surface area contributed by atoms with Crippen molar-refractivity contribution in [1.29, 1.82) is 0 Å². The first kappa shape index (κ1) is 22.2. The molecule has 1 atom stereocenters. The number of amides is 1. The molecule has 0 aliphatic heterocycles. The Bertz CT molecular complexity index is 842. The van der Waals surface area contributed by atoms with Crippen LogP contribution in [0, 0.1) is 0 Å². The van der Waals surface area contributed by atoms with Gasteiger partial charge in [-0.05, 0) is 61.3 Å². The van der Waals surface area contributed by atoms with Gasteiger partial charge in [0.2, 0.25) is 0 Å². The average Bonchev–Trinajstić information content (AvgIpc) is 2.60. The van der Waals surface area contributed by atoms with Crippen LogP contribution >= 0.6 is 27.5 Å². The van der Waals surface area contributed by atoms with Crippen LogP contribution in [-0.4, -0.2) is 39.4 Å². The number of nitrogens with one attached hydrogen (secondary N) is 2. The molecule has 28 heavy (non-hydrogen) atoms. The average molecular weight is 472 g/mol. The number of phenols is 1. The SMILES string of the molecule is CC[C@H](CNc1nc(-c2cc(Cl)ccc2O)ncc1Br)NC(=O)OC(C)(C)C. The van der Waals surface area contributed by atoms with E-state index in [0.29, 0.717) is 39.7 Å². The van der Waals surface area contributed by atoms with E-state index in [9.17, 15) is 9.90 Å².